The molecular formula is C11H15N3O3S. The van der Waals surface area contributed by atoms with E-state index in [0.29, 0.717) is 12.2 Å². The Morgan fingerprint density at radius 3 is 2.72 bits per heavy atom. The number of carbonyl (C=O) groups is 1. The van der Waals surface area contributed by atoms with E-state index in [1.54, 1.807) is 18.2 Å². The van der Waals surface area contributed by atoms with Gasteiger partial charge in [0.25, 0.3) is 0 Å². The standard InChI is InChI=1S/C11H15N3O3S/c1-9-3-2-4-10(7-9)14-6-5-13(8-11(12)15)18(14,16)17/h2-4,7H,5-6,8H2,1H3,(H2,12,15). The summed E-state index contributed by atoms with van der Waals surface area (Å²) in [6, 6.07) is 7.23. The maximum absolute atomic E-state index is 12.2. The third-order valence-corrected chi connectivity index (χ3v) is 4.69. The van der Waals surface area contributed by atoms with E-state index >= 15 is 0 Å². The van der Waals surface area contributed by atoms with Crippen molar-refractivity contribution >= 4 is 21.8 Å². The zero-order valence-corrected chi connectivity index (χ0v) is 10.9. The Morgan fingerprint density at radius 1 is 1.39 bits per heavy atom. The second-order valence-corrected chi connectivity index (χ2v) is 6.07. The van der Waals surface area contributed by atoms with Gasteiger partial charge < -0.3 is 5.73 Å². The first-order chi connectivity index (χ1) is 8.41. The Morgan fingerprint density at radius 2 is 2.11 bits per heavy atom. The number of nitrogens with zero attached hydrogens (tertiary/aromatic N) is 2. The number of amides is 1. The lowest BCUT2D eigenvalue weighted by atomic mass is 10.2. The number of anilines is 1. The van der Waals surface area contributed by atoms with Gasteiger partial charge >= 0.3 is 10.2 Å². The zero-order chi connectivity index (χ0) is 13.3. The Labute approximate surface area is 106 Å². The second-order valence-electron chi connectivity index (χ2n) is 4.22. The largest absolute Gasteiger partial charge is 0.369 e. The lowest BCUT2D eigenvalue weighted by Crippen LogP contribution is -2.38. The van der Waals surface area contributed by atoms with E-state index in [1.165, 1.54) is 4.31 Å². The van der Waals surface area contributed by atoms with Crippen molar-refractivity contribution in [3.63, 3.8) is 0 Å². The molecule has 0 atom stereocenters. The van der Waals surface area contributed by atoms with Crippen LogP contribution in [0.1, 0.15) is 5.56 Å². The van der Waals surface area contributed by atoms with Crippen molar-refractivity contribution in [2.75, 3.05) is 23.9 Å². The summed E-state index contributed by atoms with van der Waals surface area (Å²) in [5.74, 6) is -0.648. The smallest absolute Gasteiger partial charge is 0.304 e. The number of aryl methyl sites for hydroxylation is 1. The SMILES string of the molecule is Cc1cccc(N2CCN(CC(N)=O)S2(=O)=O)c1. The third-order valence-electron chi connectivity index (χ3n) is 2.78. The van der Waals surface area contributed by atoms with E-state index in [1.807, 2.05) is 13.0 Å². The van der Waals surface area contributed by atoms with Crippen molar-refractivity contribution in [2.24, 2.45) is 5.73 Å². The summed E-state index contributed by atoms with van der Waals surface area (Å²) in [7, 11) is -3.63. The highest BCUT2D eigenvalue weighted by atomic mass is 32.2. The molecule has 6 nitrogen and oxygen atoms in total. The Bertz CT molecular complexity index is 571. The average molecular weight is 269 g/mol. The number of nitrogens with two attached hydrogens (primary N) is 1. The first kappa shape index (κ1) is 12.8. The molecule has 1 fully saturated rings. The number of hydrogen-bond donors (Lipinski definition) is 1. The van der Waals surface area contributed by atoms with Gasteiger partial charge in [-0.3, -0.25) is 9.10 Å². The normalized spacial score (nSPS) is 19.1. The molecule has 18 heavy (non-hydrogen) atoms. The molecule has 0 bridgehead atoms. The third kappa shape index (κ3) is 2.32. The number of primary amides is 1. The molecular weight excluding hydrogens is 254 g/mol. The van der Waals surface area contributed by atoms with Gasteiger partial charge in [0.05, 0.1) is 12.2 Å². The Kier molecular flexibility index (Phi) is 3.27. The zero-order valence-electron chi connectivity index (χ0n) is 10.0. The lowest BCUT2D eigenvalue weighted by molar-refractivity contribution is -0.118. The molecule has 0 aromatic heterocycles. The molecule has 1 aliphatic heterocycles. The van der Waals surface area contributed by atoms with Crippen LogP contribution in [-0.2, 0) is 15.0 Å². The highest BCUT2D eigenvalue weighted by Gasteiger charge is 2.37. The molecule has 98 valence electrons. The van der Waals surface area contributed by atoms with Crippen LogP contribution in [0.3, 0.4) is 0 Å². The molecule has 2 N–H and O–H groups in total. The molecule has 1 saturated heterocycles. The van der Waals surface area contributed by atoms with E-state index < -0.39 is 16.1 Å². The Balaban J connectivity index is 2.30. The van der Waals surface area contributed by atoms with Gasteiger partial charge in [-0.1, -0.05) is 12.1 Å². The van der Waals surface area contributed by atoms with Gasteiger partial charge in [-0.15, -0.1) is 0 Å². The van der Waals surface area contributed by atoms with Crippen LogP contribution >= 0.6 is 0 Å². The molecule has 0 spiro atoms. The molecule has 7 heteroatoms. The fourth-order valence-electron chi connectivity index (χ4n) is 1.95. The van der Waals surface area contributed by atoms with Gasteiger partial charge in [-0.05, 0) is 24.6 Å². The van der Waals surface area contributed by atoms with Gasteiger partial charge in [0.15, 0.2) is 0 Å². The van der Waals surface area contributed by atoms with E-state index in [2.05, 4.69) is 0 Å². The maximum Gasteiger partial charge on any atom is 0.304 e. The number of carbonyl (C=O) groups excluding carboxylic acids is 1. The first-order valence-electron chi connectivity index (χ1n) is 5.54. The molecule has 1 amide bonds. The predicted octanol–water partition coefficient (Wildman–Crippen LogP) is -0.153. The fraction of sp³-hybridized carbons (Fsp3) is 0.364. The van der Waals surface area contributed by atoms with E-state index in [0.717, 1.165) is 9.87 Å². The van der Waals surface area contributed by atoms with E-state index in [-0.39, 0.29) is 13.1 Å². The summed E-state index contributed by atoms with van der Waals surface area (Å²) < 4.78 is 26.8. The monoisotopic (exact) mass is 269 g/mol. The summed E-state index contributed by atoms with van der Waals surface area (Å²) in [5, 5.41) is 0. The van der Waals surface area contributed by atoms with Crippen molar-refractivity contribution in [2.45, 2.75) is 6.92 Å². The van der Waals surface area contributed by atoms with Crippen LogP contribution in [0.15, 0.2) is 24.3 Å². The van der Waals surface area contributed by atoms with Gasteiger partial charge in [-0.2, -0.15) is 12.7 Å². The summed E-state index contributed by atoms with van der Waals surface area (Å²) >= 11 is 0. The van der Waals surface area contributed by atoms with Crippen molar-refractivity contribution in [3.05, 3.63) is 29.8 Å². The number of benzene rings is 1. The van der Waals surface area contributed by atoms with Gasteiger partial charge in [0.1, 0.15) is 0 Å². The van der Waals surface area contributed by atoms with Crippen molar-refractivity contribution in [1.82, 2.24) is 4.31 Å². The Hall–Kier alpha value is -1.60. The summed E-state index contributed by atoms with van der Waals surface area (Å²) in [4.78, 5) is 10.8. The highest BCUT2D eigenvalue weighted by Crippen LogP contribution is 2.25. The number of hydrogen-bond acceptors (Lipinski definition) is 3. The van der Waals surface area contributed by atoms with Crippen LogP contribution in [0.4, 0.5) is 5.69 Å². The molecule has 0 unspecified atom stereocenters. The minimum Gasteiger partial charge on any atom is -0.369 e. The van der Waals surface area contributed by atoms with Gasteiger partial charge in [0, 0.05) is 13.1 Å². The second kappa shape index (κ2) is 4.58. The van der Waals surface area contributed by atoms with Gasteiger partial charge in [0.2, 0.25) is 5.91 Å². The van der Waals surface area contributed by atoms with Crippen LogP contribution in [0.5, 0.6) is 0 Å². The summed E-state index contributed by atoms with van der Waals surface area (Å²) in [5.41, 5.74) is 6.63. The van der Waals surface area contributed by atoms with Crippen molar-refractivity contribution < 1.29 is 13.2 Å². The summed E-state index contributed by atoms with van der Waals surface area (Å²) in [6.45, 7) is 2.23. The van der Waals surface area contributed by atoms with Crippen LogP contribution in [0.25, 0.3) is 0 Å². The number of rotatable bonds is 3. The minimum absolute atomic E-state index is 0.273. The molecule has 1 aromatic rings. The fourth-order valence-corrected chi connectivity index (χ4v) is 3.53. The summed E-state index contributed by atoms with van der Waals surface area (Å²) in [6.07, 6.45) is 0. The maximum atomic E-state index is 12.2. The van der Waals surface area contributed by atoms with Crippen molar-refractivity contribution in [1.29, 1.82) is 0 Å². The minimum atomic E-state index is -3.63. The molecule has 2 rings (SSSR count). The highest BCUT2D eigenvalue weighted by molar-refractivity contribution is 7.90. The van der Waals surface area contributed by atoms with E-state index in [9.17, 15) is 13.2 Å². The van der Waals surface area contributed by atoms with Crippen LogP contribution < -0.4 is 10.0 Å². The lowest BCUT2D eigenvalue weighted by Gasteiger charge is -2.19. The quantitative estimate of drug-likeness (QED) is 0.828. The topological polar surface area (TPSA) is 83.7 Å². The molecule has 0 aliphatic carbocycles. The predicted molar refractivity (Wildman–Crippen MR) is 68.2 cm³/mol. The molecule has 1 aliphatic rings. The van der Waals surface area contributed by atoms with Crippen LogP contribution in [0.2, 0.25) is 0 Å². The first-order valence-corrected chi connectivity index (χ1v) is 6.94. The average Bonchev–Trinajstić information content (AvgIpc) is 2.54. The molecule has 0 radical (unpaired) electrons. The van der Waals surface area contributed by atoms with Gasteiger partial charge in [-0.25, -0.2) is 0 Å². The molecule has 0 saturated carbocycles. The van der Waals surface area contributed by atoms with Crippen LogP contribution in [0, 0.1) is 6.92 Å². The molecule has 1 aromatic carbocycles. The van der Waals surface area contributed by atoms with Crippen molar-refractivity contribution in [3.8, 4) is 0 Å². The molecule has 1 heterocycles. The van der Waals surface area contributed by atoms with Crippen LogP contribution in [-0.4, -0.2) is 38.3 Å². The van der Waals surface area contributed by atoms with E-state index in [4.69, 9.17) is 5.73 Å².